The summed E-state index contributed by atoms with van der Waals surface area (Å²) in [6, 6.07) is 18.7. The first kappa shape index (κ1) is 20.4. The number of hydrogen-bond acceptors (Lipinski definition) is 3. The second kappa shape index (κ2) is 10.3. The zero-order valence-corrected chi connectivity index (χ0v) is 17.1. The van der Waals surface area contributed by atoms with Gasteiger partial charge in [-0.15, -0.1) is 0 Å². The topological polar surface area (TPSA) is 35.5 Å². The lowest BCUT2D eigenvalue weighted by atomic mass is 10.0. The van der Waals surface area contributed by atoms with E-state index >= 15 is 0 Å². The maximum absolute atomic E-state index is 11.6. The van der Waals surface area contributed by atoms with E-state index in [9.17, 15) is 4.79 Å². The van der Waals surface area contributed by atoms with Crippen molar-refractivity contribution in [3.63, 3.8) is 0 Å². The zero-order chi connectivity index (χ0) is 19.8. The molecule has 2 saturated carbocycles. The highest BCUT2D eigenvalue weighted by molar-refractivity contribution is 5.72. The van der Waals surface area contributed by atoms with Crippen molar-refractivity contribution >= 4 is 5.97 Å². The average Bonchev–Trinajstić information content (AvgIpc) is 3.62. The number of rotatable bonds is 8. The predicted molar refractivity (Wildman–Crippen MR) is 112 cm³/mol. The highest BCUT2D eigenvalue weighted by Gasteiger charge is 2.37. The molecule has 0 saturated heterocycles. The smallest absolute Gasteiger partial charge is 0.308 e. The molecule has 3 atom stereocenters. The molecule has 3 nitrogen and oxygen atoms in total. The molecule has 0 radical (unpaired) electrons. The Bertz CT molecular complexity index is 736. The van der Waals surface area contributed by atoms with Gasteiger partial charge in [0.1, 0.15) is 5.75 Å². The van der Waals surface area contributed by atoms with Crippen molar-refractivity contribution in [2.45, 2.75) is 45.4 Å². The van der Waals surface area contributed by atoms with E-state index in [2.05, 4.69) is 30.3 Å². The van der Waals surface area contributed by atoms with E-state index in [0.717, 1.165) is 30.3 Å². The van der Waals surface area contributed by atoms with E-state index in [1.807, 2.05) is 31.2 Å². The van der Waals surface area contributed by atoms with Gasteiger partial charge in [-0.25, -0.2) is 0 Å². The number of hydrogen-bond donors (Lipinski definition) is 0. The minimum Gasteiger partial charge on any atom is -0.493 e. The molecule has 0 bridgehead atoms. The summed E-state index contributed by atoms with van der Waals surface area (Å²) in [4.78, 5) is 11.6. The summed E-state index contributed by atoms with van der Waals surface area (Å²) in [6.45, 7) is 2.66. The van der Waals surface area contributed by atoms with Crippen molar-refractivity contribution in [3.05, 3.63) is 65.7 Å². The summed E-state index contributed by atoms with van der Waals surface area (Å²) < 4.78 is 10.8. The van der Waals surface area contributed by atoms with Crippen LogP contribution in [-0.2, 0) is 22.4 Å². The first-order valence-corrected chi connectivity index (χ1v) is 10.5. The lowest BCUT2D eigenvalue weighted by molar-refractivity contribution is -0.144. The van der Waals surface area contributed by atoms with E-state index < -0.39 is 0 Å². The number of ether oxygens (including phenoxy) is 2. The minimum absolute atomic E-state index is 0.140. The molecule has 2 fully saturated rings. The molecule has 0 N–H and O–H groups in total. The number of methoxy groups -OCH3 is 1. The first-order valence-electron chi connectivity index (χ1n) is 10.5. The Balaban J connectivity index is 0.000000684. The van der Waals surface area contributed by atoms with Crippen LogP contribution in [0.15, 0.2) is 54.6 Å². The molecule has 2 aliphatic carbocycles. The summed E-state index contributed by atoms with van der Waals surface area (Å²) in [7, 11) is 1.43. The molecule has 4 rings (SSSR count). The van der Waals surface area contributed by atoms with Gasteiger partial charge in [0.25, 0.3) is 0 Å². The molecule has 0 aliphatic heterocycles. The van der Waals surface area contributed by atoms with E-state index in [-0.39, 0.29) is 11.9 Å². The van der Waals surface area contributed by atoms with E-state index in [4.69, 9.17) is 9.47 Å². The molecule has 0 amide bonds. The van der Waals surface area contributed by atoms with Crippen molar-refractivity contribution in [3.8, 4) is 5.75 Å². The SMILES string of the molecule is C1CC1.COC(=O)C(C)Cc1cccc(OCC2CC2Cc2ccccc2)c1. The average molecular weight is 381 g/mol. The summed E-state index contributed by atoms with van der Waals surface area (Å²) in [6.07, 6.45) is 7.56. The van der Waals surface area contributed by atoms with Crippen LogP contribution in [-0.4, -0.2) is 19.7 Å². The third-order valence-corrected chi connectivity index (χ3v) is 5.27. The zero-order valence-electron chi connectivity index (χ0n) is 17.1. The Kier molecular flexibility index (Phi) is 7.53. The van der Waals surface area contributed by atoms with Crippen LogP contribution in [0.25, 0.3) is 0 Å². The second-order valence-corrected chi connectivity index (χ2v) is 8.09. The molecule has 0 spiro atoms. The Morgan fingerprint density at radius 3 is 2.39 bits per heavy atom. The van der Waals surface area contributed by atoms with E-state index in [1.165, 1.54) is 38.4 Å². The third-order valence-electron chi connectivity index (χ3n) is 5.27. The van der Waals surface area contributed by atoms with Crippen molar-refractivity contribution in [1.82, 2.24) is 0 Å². The fourth-order valence-corrected chi connectivity index (χ4v) is 3.28. The summed E-state index contributed by atoms with van der Waals surface area (Å²) in [5.74, 6) is 1.97. The highest BCUT2D eigenvalue weighted by atomic mass is 16.5. The lowest BCUT2D eigenvalue weighted by Crippen LogP contribution is -2.15. The number of esters is 1. The van der Waals surface area contributed by atoms with Gasteiger partial charge in [0.05, 0.1) is 19.6 Å². The van der Waals surface area contributed by atoms with Gasteiger partial charge in [-0.1, -0.05) is 68.7 Å². The molecule has 150 valence electrons. The maximum atomic E-state index is 11.6. The van der Waals surface area contributed by atoms with Crippen molar-refractivity contribution in [2.75, 3.05) is 13.7 Å². The molecule has 3 unspecified atom stereocenters. The Labute approximate surface area is 169 Å². The van der Waals surface area contributed by atoms with Crippen LogP contribution in [0.5, 0.6) is 5.75 Å². The fourth-order valence-electron chi connectivity index (χ4n) is 3.28. The van der Waals surface area contributed by atoms with Crippen LogP contribution in [0.4, 0.5) is 0 Å². The molecular weight excluding hydrogens is 348 g/mol. The third kappa shape index (κ3) is 7.03. The summed E-state index contributed by atoms with van der Waals surface area (Å²) in [5, 5.41) is 0. The van der Waals surface area contributed by atoms with Gasteiger partial charge in [0, 0.05) is 0 Å². The number of carbonyl (C=O) groups is 1. The van der Waals surface area contributed by atoms with Gasteiger partial charge >= 0.3 is 5.97 Å². The molecular formula is C25H32O3. The van der Waals surface area contributed by atoms with E-state index in [0.29, 0.717) is 12.3 Å². The van der Waals surface area contributed by atoms with Gasteiger partial charge in [0.2, 0.25) is 0 Å². The largest absolute Gasteiger partial charge is 0.493 e. The van der Waals surface area contributed by atoms with Crippen LogP contribution in [0.1, 0.15) is 43.7 Å². The van der Waals surface area contributed by atoms with Gasteiger partial charge < -0.3 is 9.47 Å². The van der Waals surface area contributed by atoms with Gasteiger partial charge in [-0.3, -0.25) is 4.79 Å². The van der Waals surface area contributed by atoms with Gasteiger partial charge in [0.15, 0.2) is 0 Å². The van der Waals surface area contributed by atoms with Crippen LogP contribution in [0, 0.1) is 17.8 Å². The molecule has 0 aromatic heterocycles. The van der Waals surface area contributed by atoms with Crippen LogP contribution < -0.4 is 4.74 Å². The summed E-state index contributed by atoms with van der Waals surface area (Å²) in [5.41, 5.74) is 2.51. The maximum Gasteiger partial charge on any atom is 0.308 e. The normalized spacial score (nSPS) is 20.4. The van der Waals surface area contributed by atoms with Crippen molar-refractivity contribution < 1.29 is 14.3 Å². The lowest BCUT2D eigenvalue weighted by Gasteiger charge is -2.11. The molecule has 3 heteroatoms. The second-order valence-electron chi connectivity index (χ2n) is 8.09. The molecule has 28 heavy (non-hydrogen) atoms. The Morgan fingerprint density at radius 2 is 1.71 bits per heavy atom. The fraction of sp³-hybridized carbons (Fsp3) is 0.480. The molecule has 2 aromatic rings. The van der Waals surface area contributed by atoms with Crippen molar-refractivity contribution in [2.24, 2.45) is 17.8 Å². The molecule has 2 aliphatic rings. The Hall–Kier alpha value is -2.29. The standard InChI is InChI=1S/C22H26O3.C3H6/c1-16(22(23)24-2)11-18-9-6-10-21(13-18)25-15-20-14-19(20)12-17-7-4-3-5-8-17;1-2-3-1/h3-10,13,16,19-20H,11-12,14-15H2,1-2H3;1-3H2. The van der Waals surface area contributed by atoms with Crippen LogP contribution >= 0.6 is 0 Å². The van der Waals surface area contributed by atoms with Crippen molar-refractivity contribution in [1.29, 1.82) is 0 Å². The Morgan fingerprint density at radius 1 is 1.00 bits per heavy atom. The molecule has 0 heterocycles. The predicted octanol–water partition coefficient (Wildman–Crippen LogP) is 5.47. The summed E-state index contributed by atoms with van der Waals surface area (Å²) >= 11 is 0. The number of benzene rings is 2. The van der Waals surface area contributed by atoms with E-state index in [1.54, 1.807) is 0 Å². The monoisotopic (exact) mass is 380 g/mol. The van der Waals surface area contributed by atoms with Crippen LogP contribution in [0.3, 0.4) is 0 Å². The minimum atomic E-state index is -0.173. The van der Waals surface area contributed by atoms with Gasteiger partial charge in [-0.2, -0.15) is 0 Å². The quantitative estimate of drug-likeness (QED) is 0.570. The molecule has 2 aromatic carbocycles. The highest BCUT2D eigenvalue weighted by Crippen LogP contribution is 2.41. The van der Waals surface area contributed by atoms with Gasteiger partial charge in [-0.05, 0) is 54.4 Å². The first-order chi connectivity index (χ1) is 13.7. The van der Waals surface area contributed by atoms with Crippen LogP contribution in [0.2, 0.25) is 0 Å². The number of carbonyl (C=O) groups excluding carboxylic acids is 1.